The van der Waals surface area contributed by atoms with E-state index in [1.54, 1.807) is 0 Å². The number of halogens is 1. The van der Waals surface area contributed by atoms with E-state index in [1.165, 1.54) is 7.11 Å². The van der Waals surface area contributed by atoms with E-state index in [-0.39, 0.29) is 11.3 Å². The van der Waals surface area contributed by atoms with Crippen LogP contribution in [0.4, 0.5) is 5.95 Å². The lowest BCUT2D eigenvalue weighted by molar-refractivity contribution is 0.325. The summed E-state index contributed by atoms with van der Waals surface area (Å²) in [6.45, 7) is 2.81. The molecule has 90 valence electrons. The summed E-state index contributed by atoms with van der Waals surface area (Å²) in [5.74, 6) is 0.422. The molecule has 1 heterocycles. The van der Waals surface area contributed by atoms with Crippen LogP contribution in [0.5, 0.6) is 6.01 Å². The fourth-order valence-electron chi connectivity index (χ4n) is 0.924. The van der Waals surface area contributed by atoms with Crippen LogP contribution in [0.15, 0.2) is 0 Å². The average Bonchev–Trinajstić information content (AvgIpc) is 2.24. The average molecular weight is 246 g/mol. The van der Waals surface area contributed by atoms with Crippen molar-refractivity contribution in [2.75, 3.05) is 33.1 Å². The van der Waals surface area contributed by atoms with E-state index in [2.05, 4.69) is 32.1 Å². The fourth-order valence-corrected chi connectivity index (χ4v) is 1.08. The predicted octanol–water partition coefficient (Wildman–Crippen LogP) is 0.896. The van der Waals surface area contributed by atoms with Crippen LogP contribution in [0, 0.1) is 0 Å². The van der Waals surface area contributed by atoms with E-state index >= 15 is 0 Å². The summed E-state index contributed by atoms with van der Waals surface area (Å²) in [7, 11) is 5.50. The smallest absolute Gasteiger partial charge is 0.322 e. The van der Waals surface area contributed by atoms with Crippen LogP contribution in [0.1, 0.15) is 6.92 Å². The van der Waals surface area contributed by atoms with E-state index in [9.17, 15) is 0 Å². The molecular weight excluding hydrogens is 230 g/mol. The zero-order chi connectivity index (χ0) is 12.1. The molecule has 1 aromatic heterocycles. The second-order valence-corrected chi connectivity index (χ2v) is 3.95. The van der Waals surface area contributed by atoms with Crippen molar-refractivity contribution in [3.8, 4) is 6.01 Å². The van der Waals surface area contributed by atoms with Crippen molar-refractivity contribution in [2.45, 2.75) is 13.0 Å². The summed E-state index contributed by atoms with van der Waals surface area (Å²) >= 11 is 5.71. The number of hydrogen-bond acceptors (Lipinski definition) is 6. The Labute approximate surface area is 100 Å². The zero-order valence-corrected chi connectivity index (χ0v) is 10.6. The van der Waals surface area contributed by atoms with Crippen LogP contribution in [-0.4, -0.2) is 53.6 Å². The van der Waals surface area contributed by atoms with Gasteiger partial charge in [-0.15, -0.1) is 0 Å². The highest BCUT2D eigenvalue weighted by Gasteiger charge is 2.07. The number of ether oxygens (including phenoxy) is 1. The molecule has 0 aliphatic carbocycles. The van der Waals surface area contributed by atoms with Gasteiger partial charge in [-0.1, -0.05) is 0 Å². The first-order valence-electron chi connectivity index (χ1n) is 4.88. The third-order valence-electron chi connectivity index (χ3n) is 2.21. The van der Waals surface area contributed by atoms with Crippen LogP contribution in [0.3, 0.4) is 0 Å². The first-order chi connectivity index (χ1) is 7.52. The minimum absolute atomic E-state index is 0.117. The van der Waals surface area contributed by atoms with Gasteiger partial charge in [0.25, 0.3) is 0 Å². The van der Waals surface area contributed by atoms with Crippen molar-refractivity contribution in [3.05, 3.63) is 5.28 Å². The molecular formula is C9H16ClN5O. The number of methoxy groups -OCH3 is 1. The van der Waals surface area contributed by atoms with Gasteiger partial charge in [0, 0.05) is 12.6 Å². The number of nitrogens with one attached hydrogen (secondary N) is 1. The summed E-state index contributed by atoms with van der Waals surface area (Å²) in [4.78, 5) is 13.8. The Kier molecular flexibility index (Phi) is 4.70. The van der Waals surface area contributed by atoms with Gasteiger partial charge in [0.15, 0.2) is 0 Å². The lowest BCUT2D eigenvalue weighted by atomic mass is 10.3. The lowest BCUT2D eigenvalue weighted by Crippen LogP contribution is -2.31. The maximum Gasteiger partial charge on any atom is 0.322 e. The molecule has 16 heavy (non-hydrogen) atoms. The first kappa shape index (κ1) is 12.9. The SMILES string of the molecule is COc1nc(Cl)nc(NCC(C)N(C)C)n1. The van der Waals surface area contributed by atoms with Gasteiger partial charge in [0.2, 0.25) is 11.2 Å². The zero-order valence-electron chi connectivity index (χ0n) is 9.86. The van der Waals surface area contributed by atoms with E-state index in [1.807, 2.05) is 14.1 Å². The van der Waals surface area contributed by atoms with Crippen molar-refractivity contribution in [3.63, 3.8) is 0 Å². The Morgan fingerprint density at radius 1 is 1.38 bits per heavy atom. The number of rotatable bonds is 5. The summed E-state index contributed by atoms with van der Waals surface area (Å²) in [5, 5.41) is 3.19. The van der Waals surface area contributed by atoms with Gasteiger partial charge in [-0.25, -0.2) is 0 Å². The van der Waals surface area contributed by atoms with Crippen molar-refractivity contribution in [2.24, 2.45) is 0 Å². The van der Waals surface area contributed by atoms with Crippen LogP contribution >= 0.6 is 11.6 Å². The molecule has 0 aliphatic rings. The van der Waals surface area contributed by atoms with Crippen molar-refractivity contribution < 1.29 is 4.74 Å². The van der Waals surface area contributed by atoms with Gasteiger partial charge in [-0.05, 0) is 32.6 Å². The second-order valence-electron chi connectivity index (χ2n) is 3.61. The van der Waals surface area contributed by atoms with E-state index in [0.717, 1.165) is 6.54 Å². The molecule has 1 unspecified atom stereocenters. The Morgan fingerprint density at radius 3 is 2.62 bits per heavy atom. The van der Waals surface area contributed by atoms with Gasteiger partial charge >= 0.3 is 6.01 Å². The molecule has 0 amide bonds. The number of nitrogens with zero attached hydrogens (tertiary/aromatic N) is 4. The molecule has 1 atom stereocenters. The largest absolute Gasteiger partial charge is 0.467 e. The monoisotopic (exact) mass is 245 g/mol. The van der Waals surface area contributed by atoms with E-state index in [4.69, 9.17) is 16.3 Å². The first-order valence-corrected chi connectivity index (χ1v) is 5.26. The van der Waals surface area contributed by atoms with Gasteiger partial charge in [-0.3, -0.25) is 0 Å². The highest BCUT2D eigenvalue weighted by molar-refractivity contribution is 6.28. The highest BCUT2D eigenvalue weighted by atomic mass is 35.5. The van der Waals surface area contributed by atoms with Gasteiger partial charge in [0.05, 0.1) is 7.11 Å². The molecule has 0 radical (unpaired) electrons. The Balaban J connectivity index is 2.63. The van der Waals surface area contributed by atoms with Crippen molar-refractivity contribution in [1.82, 2.24) is 19.9 Å². The molecule has 1 N–H and O–H groups in total. The lowest BCUT2D eigenvalue weighted by Gasteiger charge is -2.19. The number of hydrogen-bond donors (Lipinski definition) is 1. The third kappa shape index (κ3) is 3.79. The maximum atomic E-state index is 5.71. The van der Waals surface area contributed by atoms with Crippen molar-refractivity contribution in [1.29, 1.82) is 0 Å². The summed E-state index contributed by atoms with van der Waals surface area (Å²) in [6, 6.07) is 0.571. The number of likely N-dealkylation sites (N-methyl/N-ethyl adjacent to an activating group) is 1. The fraction of sp³-hybridized carbons (Fsp3) is 0.667. The normalized spacial score (nSPS) is 12.6. The molecule has 0 saturated heterocycles. The standard InChI is InChI=1S/C9H16ClN5O/c1-6(15(2)3)5-11-8-12-7(10)13-9(14-8)16-4/h6H,5H2,1-4H3,(H,11,12,13,14). The molecule has 6 nitrogen and oxygen atoms in total. The number of anilines is 1. The molecule has 7 heteroatoms. The summed E-state index contributed by atoms with van der Waals surface area (Å²) < 4.78 is 4.89. The minimum atomic E-state index is 0.117. The van der Waals surface area contributed by atoms with Crippen LogP contribution in [0.25, 0.3) is 0 Å². The van der Waals surface area contributed by atoms with E-state index in [0.29, 0.717) is 12.0 Å². The van der Waals surface area contributed by atoms with Gasteiger partial charge < -0.3 is 15.0 Å². The Hall–Kier alpha value is -1.14. The van der Waals surface area contributed by atoms with E-state index < -0.39 is 0 Å². The maximum absolute atomic E-state index is 5.71. The third-order valence-corrected chi connectivity index (χ3v) is 2.38. The predicted molar refractivity (Wildman–Crippen MR) is 63.0 cm³/mol. The molecule has 1 aromatic rings. The summed E-state index contributed by atoms with van der Waals surface area (Å²) in [6.07, 6.45) is 0. The van der Waals surface area contributed by atoms with Gasteiger partial charge in [-0.2, -0.15) is 15.0 Å². The molecule has 0 fully saturated rings. The Bertz CT molecular complexity index is 347. The molecule has 0 saturated carbocycles. The molecule has 1 rings (SSSR count). The van der Waals surface area contributed by atoms with Gasteiger partial charge in [0.1, 0.15) is 0 Å². The van der Waals surface area contributed by atoms with Crippen molar-refractivity contribution >= 4 is 17.5 Å². The topological polar surface area (TPSA) is 63.2 Å². The molecule has 0 spiro atoms. The molecule has 0 aromatic carbocycles. The highest BCUT2D eigenvalue weighted by Crippen LogP contribution is 2.10. The minimum Gasteiger partial charge on any atom is -0.467 e. The summed E-state index contributed by atoms with van der Waals surface area (Å²) in [5.41, 5.74) is 0. The Morgan fingerprint density at radius 2 is 2.06 bits per heavy atom. The van der Waals surface area contributed by atoms with Crippen LogP contribution < -0.4 is 10.1 Å². The quantitative estimate of drug-likeness (QED) is 0.832. The number of aromatic nitrogens is 3. The van der Waals surface area contributed by atoms with Crippen LogP contribution in [-0.2, 0) is 0 Å². The molecule has 0 aliphatic heterocycles. The van der Waals surface area contributed by atoms with Crippen LogP contribution in [0.2, 0.25) is 5.28 Å². The second kappa shape index (κ2) is 5.81. The molecule has 0 bridgehead atoms.